The minimum Gasteiger partial charge on any atom is -0.508 e. The Balaban J connectivity index is 2.33. The summed E-state index contributed by atoms with van der Waals surface area (Å²) in [5.74, 6) is -2.16. The molecular formula is C17H25F3N2O6S. The molecule has 1 aromatic carbocycles. The molecule has 0 unspecified atom stereocenters. The van der Waals surface area contributed by atoms with Gasteiger partial charge in [0.2, 0.25) is 10.0 Å². The highest BCUT2D eigenvalue weighted by Gasteiger charge is 2.38. The van der Waals surface area contributed by atoms with Crippen LogP contribution in [0.1, 0.15) is 13.8 Å². The van der Waals surface area contributed by atoms with Crippen molar-refractivity contribution in [3.8, 4) is 5.75 Å². The second kappa shape index (κ2) is 11.3. The number of carbonyl (C=O) groups excluding carboxylic acids is 1. The lowest BCUT2D eigenvalue weighted by Gasteiger charge is -2.22. The summed E-state index contributed by atoms with van der Waals surface area (Å²) in [6.45, 7) is 3.43. The average Bonchev–Trinajstić information content (AvgIpc) is 2.62. The third-order valence-electron chi connectivity index (χ3n) is 3.72. The van der Waals surface area contributed by atoms with Gasteiger partial charge in [0.15, 0.2) is 0 Å². The van der Waals surface area contributed by atoms with Gasteiger partial charge in [-0.2, -0.15) is 13.2 Å². The van der Waals surface area contributed by atoms with Crippen molar-refractivity contribution < 1.29 is 41.0 Å². The van der Waals surface area contributed by atoms with Crippen LogP contribution < -0.4 is 10.0 Å². The zero-order valence-corrected chi connectivity index (χ0v) is 16.8. The summed E-state index contributed by atoms with van der Waals surface area (Å²) in [5, 5.41) is 10.9. The molecule has 1 atom stereocenters. The van der Waals surface area contributed by atoms with Gasteiger partial charge in [-0.25, -0.2) is 13.1 Å². The predicted octanol–water partition coefficient (Wildman–Crippen LogP) is 1.41. The molecular weight excluding hydrogens is 417 g/mol. The van der Waals surface area contributed by atoms with E-state index in [0.717, 1.165) is 0 Å². The van der Waals surface area contributed by atoms with Gasteiger partial charge in [0.05, 0.1) is 31.3 Å². The standard InChI is InChI=1S/C17H25F3N2O6S/c1-12(2)15(22-29(25,26)14-5-3-13(23)4-6-14)11-28-10-9-27-8-7-21-16(24)17(18,19)20/h3-6,12,15,22-23H,7-11H2,1-2H3,(H,21,24)/t15-/m0/s1. The third kappa shape index (κ3) is 9.43. The van der Waals surface area contributed by atoms with Crippen molar-refractivity contribution in [2.45, 2.75) is 31.0 Å². The lowest BCUT2D eigenvalue weighted by molar-refractivity contribution is -0.173. The van der Waals surface area contributed by atoms with Crippen LogP contribution in [-0.2, 0) is 24.3 Å². The van der Waals surface area contributed by atoms with Crippen LogP contribution in [0, 0.1) is 5.92 Å². The quantitative estimate of drug-likeness (QED) is 0.422. The number of phenols is 1. The Morgan fingerprint density at radius 2 is 1.69 bits per heavy atom. The molecule has 29 heavy (non-hydrogen) atoms. The number of hydrogen-bond acceptors (Lipinski definition) is 6. The van der Waals surface area contributed by atoms with E-state index in [2.05, 4.69) is 4.72 Å². The van der Waals surface area contributed by atoms with Crippen molar-refractivity contribution in [2.24, 2.45) is 5.92 Å². The summed E-state index contributed by atoms with van der Waals surface area (Å²) in [6.07, 6.45) is -4.93. The van der Waals surface area contributed by atoms with Crippen LogP contribution in [0.2, 0.25) is 0 Å². The van der Waals surface area contributed by atoms with Gasteiger partial charge in [-0.15, -0.1) is 0 Å². The molecule has 0 aliphatic heterocycles. The number of nitrogens with one attached hydrogen (secondary N) is 2. The number of sulfonamides is 1. The molecule has 3 N–H and O–H groups in total. The normalized spacial score (nSPS) is 13.4. The maximum atomic E-state index is 12.4. The van der Waals surface area contributed by atoms with Crippen LogP contribution in [0.5, 0.6) is 5.75 Å². The average molecular weight is 442 g/mol. The Morgan fingerprint density at radius 1 is 1.10 bits per heavy atom. The lowest BCUT2D eigenvalue weighted by atomic mass is 10.1. The van der Waals surface area contributed by atoms with Crippen molar-refractivity contribution in [3.05, 3.63) is 24.3 Å². The maximum Gasteiger partial charge on any atom is 0.471 e. The Morgan fingerprint density at radius 3 is 2.24 bits per heavy atom. The van der Waals surface area contributed by atoms with E-state index in [1.54, 1.807) is 5.32 Å². The SMILES string of the molecule is CC(C)[C@H](COCCOCCNC(=O)C(F)(F)F)NS(=O)(=O)c1ccc(O)cc1. The van der Waals surface area contributed by atoms with Gasteiger partial charge in [0.1, 0.15) is 5.75 Å². The monoisotopic (exact) mass is 442 g/mol. The molecule has 8 nitrogen and oxygen atoms in total. The first kappa shape index (κ1) is 25.1. The smallest absolute Gasteiger partial charge is 0.471 e. The number of alkyl halides is 3. The minimum absolute atomic E-state index is 0.00480. The molecule has 0 fully saturated rings. The second-order valence-electron chi connectivity index (χ2n) is 6.41. The molecule has 1 amide bonds. The molecule has 0 saturated carbocycles. The van der Waals surface area contributed by atoms with Crippen molar-refractivity contribution in [2.75, 3.05) is 33.0 Å². The minimum atomic E-state index is -4.93. The van der Waals surface area contributed by atoms with Crippen molar-refractivity contribution in [1.82, 2.24) is 10.0 Å². The fourth-order valence-electron chi connectivity index (χ4n) is 2.02. The van der Waals surface area contributed by atoms with E-state index in [4.69, 9.17) is 9.47 Å². The maximum absolute atomic E-state index is 12.4. The highest BCUT2D eigenvalue weighted by atomic mass is 32.2. The van der Waals surface area contributed by atoms with Crippen LogP contribution in [-0.4, -0.2) is 64.6 Å². The van der Waals surface area contributed by atoms with E-state index in [9.17, 15) is 31.5 Å². The first-order chi connectivity index (χ1) is 13.4. The Hall–Kier alpha value is -1.89. The van der Waals surface area contributed by atoms with E-state index in [-0.39, 0.29) is 49.5 Å². The molecule has 0 aromatic heterocycles. The molecule has 166 valence electrons. The van der Waals surface area contributed by atoms with Crippen LogP contribution >= 0.6 is 0 Å². The Kier molecular flexibility index (Phi) is 9.83. The van der Waals surface area contributed by atoms with Crippen molar-refractivity contribution >= 4 is 15.9 Å². The van der Waals surface area contributed by atoms with Crippen LogP contribution in [0.4, 0.5) is 13.2 Å². The molecule has 0 aliphatic rings. The van der Waals surface area contributed by atoms with E-state index in [1.165, 1.54) is 24.3 Å². The van der Waals surface area contributed by atoms with Gasteiger partial charge in [-0.3, -0.25) is 4.79 Å². The largest absolute Gasteiger partial charge is 0.508 e. The predicted molar refractivity (Wildman–Crippen MR) is 97.8 cm³/mol. The van der Waals surface area contributed by atoms with Gasteiger partial charge >= 0.3 is 12.1 Å². The molecule has 0 bridgehead atoms. The molecule has 0 saturated heterocycles. The van der Waals surface area contributed by atoms with Gasteiger partial charge in [0, 0.05) is 12.6 Å². The summed E-state index contributed by atoms with van der Waals surface area (Å²) < 4.78 is 73.7. The molecule has 12 heteroatoms. The summed E-state index contributed by atoms with van der Waals surface area (Å²) >= 11 is 0. The van der Waals surface area contributed by atoms with Gasteiger partial charge in [0.25, 0.3) is 0 Å². The number of phenolic OH excluding ortho intramolecular Hbond substituents is 1. The number of benzene rings is 1. The second-order valence-corrected chi connectivity index (χ2v) is 8.12. The number of aromatic hydroxyl groups is 1. The molecule has 1 aromatic rings. The first-order valence-electron chi connectivity index (χ1n) is 8.75. The molecule has 0 spiro atoms. The van der Waals surface area contributed by atoms with Gasteiger partial charge < -0.3 is 19.9 Å². The van der Waals surface area contributed by atoms with E-state index < -0.39 is 28.1 Å². The summed E-state index contributed by atoms with van der Waals surface area (Å²) in [4.78, 5) is 10.6. The van der Waals surface area contributed by atoms with Crippen molar-refractivity contribution in [1.29, 1.82) is 0 Å². The number of rotatable bonds is 12. The first-order valence-corrected chi connectivity index (χ1v) is 10.2. The molecule has 0 radical (unpaired) electrons. The van der Waals surface area contributed by atoms with Crippen molar-refractivity contribution in [3.63, 3.8) is 0 Å². The van der Waals surface area contributed by atoms with E-state index in [0.29, 0.717) is 0 Å². The Labute approximate surface area is 167 Å². The highest BCUT2D eigenvalue weighted by molar-refractivity contribution is 7.89. The third-order valence-corrected chi connectivity index (χ3v) is 5.22. The van der Waals surface area contributed by atoms with Crippen LogP contribution in [0.25, 0.3) is 0 Å². The number of amides is 1. The fraction of sp³-hybridized carbons (Fsp3) is 0.588. The molecule has 1 rings (SSSR count). The molecule has 0 aliphatic carbocycles. The van der Waals surface area contributed by atoms with Gasteiger partial charge in [-0.05, 0) is 30.2 Å². The number of halogens is 3. The van der Waals surface area contributed by atoms with Gasteiger partial charge in [-0.1, -0.05) is 13.8 Å². The summed E-state index contributed by atoms with van der Waals surface area (Å²) in [7, 11) is -3.80. The number of carbonyl (C=O) groups is 1. The summed E-state index contributed by atoms with van der Waals surface area (Å²) in [5.41, 5.74) is 0. The van der Waals surface area contributed by atoms with E-state index >= 15 is 0 Å². The lowest BCUT2D eigenvalue weighted by Crippen LogP contribution is -2.42. The van der Waals surface area contributed by atoms with Crippen LogP contribution in [0.3, 0.4) is 0 Å². The number of hydrogen-bond donors (Lipinski definition) is 3. The highest BCUT2D eigenvalue weighted by Crippen LogP contribution is 2.16. The topological polar surface area (TPSA) is 114 Å². The zero-order valence-electron chi connectivity index (χ0n) is 16.0. The van der Waals surface area contributed by atoms with E-state index in [1.807, 2.05) is 13.8 Å². The number of ether oxygens (including phenoxy) is 2. The molecule has 0 heterocycles. The van der Waals surface area contributed by atoms with Crippen LogP contribution in [0.15, 0.2) is 29.2 Å². The zero-order chi connectivity index (χ0) is 22.1. The Bertz CT molecular complexity index is 739. The summed E-state index contributed by atoms with van der Waals surface area (Å²) in [6, 6.07) is 4.57. The fourth-order valence-corrected chi connectivity index (χ4v) is 3.39.